The largest absolute Gasteiger partial charge is 0.304 e. The molecule has 1 aliphatic rings. The second kappa shape index (κ2) is 3.28. The highest BCUT2D eigenvalue weighted by atomic mass is 16.1. The lowest BCUT2D eigenvalue weighted by Gasteiger charge is -2.08. The van der Waals surface area contributed by atoms with Gasteiger partial charge in [-0.05, 0) is 6.92 Å². The molecule has 0 aliphatic carbocycles. The first-order valence-corrected chi connectivity index (χ1v) is 5.08. The zero-order valence-electron chi connectivity index (χ0n) is 8.82. The van der Waals surface area contributed by atoms with Crippen LogP contribution in [0.15, 0.2) is 12.4 Å². The van der Waals surface area contributed by atoms with Crippen molar-refractivity contribution in [3.8, 4) is 5.69 Å². The van der Waals surface area contributed by atoms with Gasteiger partial charge in [-0.2, -0.15) is 10.2 Å². The standard InChI is InChI=1S/C10H11N5O/c1-6-9(3-12-13-6)15-5-7-8(14-15)2-11-4-10(7)16/h3,5,11H,2,4H2,1H3,(H,12,13). The maximum absolute atomic E-state index is 11.6. The molecule has 0 unspecified atom stereocenters. The number of aromatic amines is 1. The predicted molar refractivity (Wildman–Crippen MR) is 56.5 cm³/mol. The van der Waals surface area contributed by atoms with Crippen LogP contribution in [0.1, 0.15) is 21.7 Å². The van der Waals surface area contributed by atoms with E-state index in [0.717, 1.165) is 17.1 Å². The molecular formula is C10H11N5O. The van der Waals surface area contributed by atoms with Crippen LogP contribution in [0.4, 0.5) is 0 Å². The molecule has 6 heteroatoms. The van der Waals surface area contributed by atoms with Crippen molar-refractivity contribution in [1.29, 1.82) is 0 Å². The quantitative estimate of drug-likeness (QED) is 0.715. The second-order valence-electron chi connectivity index (χ2n) is 3.84. The Kier molecular flexibility index (Phi) is 1.90. The van der Waals surface area contributed by atoms with E-state index in [1.807, 2.05) is 6.92 Å². The number of aryl methyl sites for hydroxylation is 1. The van der Waals surface area contributed by atoms with E-state index in [2.05, 4.69) is 20.6 Å². The molecule has 0 saturated heterocycles. The predicted octanol–water partition coefficient (Wildman–Crippen LogP) is 0.190. The number of carbonyl (C=O) groups is 1. The number of fused-ring (bicyclic) bond motifs is 1. The number of hydrogen-bond donors (Lipinski definition) is 2. The molecule has 0 atom stereocenters. The number of hydrogen-bond acceptors (Lipinski definition) is 4. The first kappa shape index (κ1) is 9.29. The van der Waals surface area contributed by atoms with Gasteiger partial charge in [0.2, 0.25) is 0 Å². The number of rotatable bonds is 1. The molecule has 2 aromatic heterocycles. The van der Waals surface area contributed by atoms with Crippen molar-refractivity contribution in [3.05, 3.63) is 29.3 Å². The van der Waals surface area contributed by atoms with E-state index in [0.29, 0.717) is 18.7 Å². The number of nitrogens with zero attached hydrogens (tertiary/aromatic N) is 3. The summed E-state index contributed by atoms with van der Waals surface area (Å²) in [6.07, 6.45) is 3.47. The lowest BCUT2D eigenvalue weighted by Crippen LogP contribution is -2.29. The summed E-state index contributed by atoms with van der Waals surface area (Å²) in [5, 5.41) is 14.2. The lowest BCUT2D eigenvalue weighted by atomic mass is 10.1. The summed E-state index contributed by atoms with van der Waals surface area (Å²) in [6.45, 7) is 2.96. The van der Waals surface area contributed by atoms with E-state index < -0.39 is 0 Å². The molecule has 82 valence electrons. The third kappa shape index (κ3) is 1.27. The van der Waals surface area contributed by atoms with Gasteiger partial charge in [-0.15, -0.1) is 0 Å². The number of nitrogens with one attached hydrogen (secondary N) is 2. The normalized spacial score (nSPS) is 15.2. The third-order valence-corrected chi connectivity index (χ3v) is 2.72. The first-order valence-electron chi connectivity index (χ1n) is 5.08. The van der Waals surface area contributed by atoms with Gasteiger partial charge in [0.1, 0.15) is 5.69 Å². The molecular weight excluding hydrogens is 206 g/mol. The van der Waals surface area contributed by atoms with Crippen LogP contribution in [0, 0.1) is 6.92 Å². The third-order valence-electron chi connectivity index (χ3n) is 2.72. The van der Waals surface area contributed by atoms with E-state index in [1.165, 1.54) is 0 Å². The molecule has 0 fully saturated rings. The zero-order chi connectivity index (χ0) is 11.1. The summed E-state index contributed by atoms with van der Waals surface area (Å²) in [5.74, 6) is 0.0913. The molecule has 0 bridgehead atoms. The summed E-state index contributed by atoms with van der Waals surface area (Å²) >= 11 is 0. The van der Waals surface area contributed by atoms with Gasteiger partial charge in [-0.1, -0.05) is 0 Å². The van der Waals surface area contributed by atoms with Crippen molar-refractivity contribution in [3.63, 3.8) is 0 Å². The minimum atomic E-state index is 0.0913. The Balaban J connectivity index is 2.11. The maximum atomic E-state index is 11.6. The van der Waals surface area contributed by atoms with Gasteiger partial charge in [-0.25, -0.2) is 4.68 Å². The summed E-state index contributed by atoms with van der Waals surface area (Å²) < 4.78 is 1.70. The highest BCUT2D eigenvalue weighted by Crippen LogP contribution is 2.16. The van der Waals surface area contributed by atoms with E-state index in [9.17, 15) is 4.79 Å². The molecule has 2 aromatic rings. The van der Waals surface area contributed by atoms with Crippen LogP contribution in [0.5, 0.6) is 0 Å². The fourth-order valence-corrected chi connectivity index (χ4v) is 1.86. The van der Waals surface area contributed by atoms with E-state index >= 15 is 0 Å². The summed E-state index contributed by atoms with van der Waals surface area (Å²) in [4.78, 5) is 11.6. The van der Waals surface area contributed by atoms with E-state index in [4.69, 9.17) is 0 Å². The highest BCUT2D eigenvalue weighted by Gasteiger charge is 2.21. The van der Waals surface area contributed by atoms with Crippen LogP contribution in [-0.4, -0.2) is 32.3 Å². The van der Waals surface area contributed by atoms with Crippen molar-refractivity contribution in [2.24, 2.45) is 0 Å². The molecule has 0 radical (unpaired) electrons. The molecule has 1 aliphatic heterocycles. The van der Waals surface area contributed by atoms with Crippen molar-refractivity contribution in [1.82, 2.24) is 25.3 Å². The lowest BCUT2D eigenvalue weighted by molar-refractivity contribution is 0.0982. The molecule has 0 aromatic carbocycles. The fourth-order valence-electron chi connectivity index (χ4n) is 1.86. The van der Waals surface area contributed by atoms with Crippen molar-refractivity contribution >= 4 is 5.78 Å². The Hall–Kier alpha value is -1.95. The fraction of sp³-hybridized carbons (Fsp3) is 0.300. The Morgan fingerprint density at radius 1 is 1.44 bits per heavy atom. The van der Waals surface area contributed by atoms with Crippen LogP contribution in [0.2, 0.25) is 0 Å². The Labute approximate surface area is 91.7 Å². The molecule has 0 amide bonds. The van der Waals surface area contributed by atoms with Gasteiger partial charge in [0, 0.05) is 12.7 Å². The van der Waals surface area contributed by atoms with Crippen LogP contribution in [0.3, 0.4) is 0 Å². The van der Waals surface area contributed by atoms with E-state index in [1.54, 1.807) is 17.1 Å². The highest BCUT2D eigenvalue weighted by molar-refractivity contribution is 5.99. The molecule has 0 saturated carbocycles. The molecule has 6 nitrogen and oxygen atoms in total. The molecule has 3 rings (SSSR count). The number of carbonyl (C=O) groups excluding carboxylic acids is 1. The van der Waals surface area contributed by atoms with Gasteiger partial charge in [0.05, 0.1) is 29.7 Å². The average Bonchev–Trinajstić information content (AvgIpc) is 2.84. The second-order valence-corrected chi connectivity index (χ2v) is 3.84. The number of H-pyrrole nitrogens is 1. The Morgan fingerprint density at radius 2 is 2.31 bits per heavy atom. The molecule has 0 spiro atoms. The van der Waals surface area contributed by atoms with Crippen LogP contribution in [0.25, 0.3) is 5.69 Å². The van der Waals surface area contributed by atoms with Crippen molar-refractivity contribution < 1.29 is 4.79 Å². The number of aromatic nitrogens is 4. The van der Waals surface area contributed by atoms with Gasteiger partial charge in [0.15, 0.2) is 5.78 Å². The topological polar surface area (TPSA) is 75.6 Å². The first-order chi connectivity index (χ1) is 7.75. The average molecular weight is 217 g/mol. The van der Waals surface area contributed by atoms with Crippen LogP contribution >= 0.6 is 0 Å². The van der Waals surface area contributed by atoms with Crippen molar-refractivity contribution in [2.75, 3.05) is 6.54 Å². The summed E-state index contributed by atoms with van der Waals surface area (Å²) in [5.41, 5.74) is 3.32. The Morgan fingerprint density at radius 3 is 3.00 bits per heavy atom. The number of ketones is 1. The molecule has 2 N–H and O–H groups in total. The van der Waals surface area contributed by atoms with Gasteiger partial charge >= 0.3 is 0 Å². The van der Waals surface area contributed by atoms with E-state index in [-0.39, 0.29) is 5.78 Å². The monoisotopic (exact) mass is 217 g/mol. The minimum absolute atomic E-state index is 0.0913. The maximum Gasteiger partial charge on any atom is 0.180 e. The van der Waals surface area contributed by atoms with Crippen LogP contribution in [-0.2, 0) is 6.54 Å². The minimum Gasteiger partial charge on any atom is -0.304 e. The number of Topliss-reactive ketones (excluding diaryl/α,β-unsaturated/α-hetero) is 1. The summed E-state index contributed by atoms with van der Waals surface area (Å²) in [7, 11) is 0. The van der Waals surface area contributed by atoms with Crippen molar-refractivity contribution in [2.45, 2.75) is 13.5 Å². The smallest absolute Gasteiger partial charge is 0.180 e. The Bertz CT molecular complexity index is 553. The van der Waals surface area contributed by atoms with Crippen LogP contribution < -0.4 is 5.32 Å². The zero-order valence-corrected chi connectivity index (χ0v) is 8.82. The van der Waals surface area contributed by atoms with Gasteiger partial charge in [0.25, 0.3) is 0 Å². The van der Waals surface area contributed by atoms with Gasteiger partial charge < -0.3 is 5.32 Å². The molecule has 16 heavy (non-hydrogen) atoms. The van der Waals surface area contributed by atoms with Gasteiger partial charge in [-0.3, -0.25) is 9.89 Å². The molecule has 3 heterocycles. The SMILES string of the molecule is Cc1[nH]ncc1-n1cc2c(n1)CNCC2=O. The summed E-state index contributed by atoms with van der Waals surface area (Å²) in [6, 6.07) is 0.